The van der Waals surface area contributed by atoms with Gasteiger partial charge >= 0.3 is 0 Å². The average Bonchev–Trinajstić information content (AvgIpc) is 2.84. The summed E-state index contributed by atoms with van der Waals surface area (Å²) in [6.45, 7) is 0. The number of carbonyl (C=O) groups excluding carboxylic acids is 1. The molecule has 5 heteroatoms. The maximum absolute atomic E-state index is 11.8. The van der Waals surface area contributed by atoms with Gasteiger partial charge in [-0.25, -0.2) is 9.97 Å². The largest absolute Gasteiger partial charge is 0.481 e. The van der Waals surface area contributed by atoms with E-state index in [1.807, 2.05) is 12.1 Å². The van der Waals surface area contributed by atoms with Crippen LogP contribution in [0.4, 0.5) is 0 Å². The first-order chi connectivity index (χ1) is 8.78. The lowest BCUT2D eigenvalue weighted by Crippen LogP contribution is -2.07. The quantitative estimate of drug-likeness (QED) is 0.833. The average molecular weight is 260 g/mol. The Balaban J connectivity index is 2.04. The molecule has 0 bridgehead atoms. The zero-order valence-electron chi connectivity index (χ0n) is 9.97. The maximum atomic E-state index is 11.8. The normalized spacial score (nSPS) is 14.4. The number of thiazole rings is 1. The summed E-state index contributed by atoms with van der Waals surface area (Å²) in [6, 6.07) is 5.56. The number of fused-ring (bicyclic) bond motifs is 1. The highest BCUT2D eigenvalue weighted by Crippen LogP contribution is 2.32. The van der Waals surface area contributed by atoms with Crippen molar-refractivity contribution in [3.63, 3.8) is 0 Å². The molecule has 3 rings (SSSR count). The fraction of sp³-hybridized carbons (Fsp3) is 0.308. The van der Waals surface area contributed by atoms with Crippen molar-refractivity contribution in [1.82, 2.24) is 9.97 Å². The van der Waals surface area contributed by atoms with Crippen molar-refractivity contribution in [2.45, 2.75) is 19.3 Å². The van der Waals surface area contributed by atoms with Crippen LogP contribution in [0.5, 0.6) is 5.88 Å². The van der Waals surface area contributed by atoms with Gasteiger partial charge in [0.25, 0.3) is 0 Å². The SMILES string of the molecule is COc1cccc(-c2nc3c(s2)C(=O)CCC3)n1. The van der Waals surface area contributed by atoms with Gasteiger partial charge < -0.3 is 4.74 Å². The van der Waals surface area contributed by atoms with E-state index >= 15 is 0 Å². The number of hydrogen-bond acceptors (Lipinski definition) is 5. The summed E-state index contributed by atoms with van der Waals surface area (Å²) >= 11 is 1.44. The predicted octanol–water partition coefficient (Wildman–Crippen LogP) is 2.73. The number of aryl methyl sites for hydroxylation is 1. The van der Waals surface area contributed by atoms with Gasteiger partial charge in [-0.2, -0.15) is 0 Å². The Morgan fingerprint density at radius 3 is 2.94 bits per heavy atom. The van der Waals surface area contributed by atoms with Crippen molar-refractivity contribution in [3.05, 3.63) is 28.8 Å². The standard InChI is InChI=1S/C13H12N2O2S/c1-17-11-7-3-5-9(14-11)13-15-8-4-2-6-10(16)12(8)18-13/h3,5,7H,2,4,6H2,1H3. The van der Waals surface area contributed by atoms with Crippen LogP contribution in [0.25, 0.3) is 10.7 Å². The number of rotatable bonds is 2. The summed E-state index contributed by atoms with van der Waals surface area (Å²) < 4.78 is 5.10. The number of Topliss-reactive ketones (excluding diaryl/α,β-unsaturated/α-hetero) is 1. The fourth-order valence-corrected chi connectivity index (χ4v) is 3.07. The lowest BCUT2D eigenvalue weighted by atomic mass is 10.0. The minimum Gasteiger partial charge on any atom is -0.481 e. The maximum Gasteiger partial charge on any atom is 0.213 e. The second-order valence-electron chi connectivity index (χ2n) is 4.14. The van der Waals surface area contributed by atoms with Gasteiger partial charge in [0, 0.05) is 12.5 Å². The number of carbonyl (C=O) groups is 1. The molecule has 0 amide bonds. The highest BCUT2D eigenvalue weighted by Gasteiger charge is 2.22. The summed E-state index contributed by atoms with van der Waals surface area (Å²) in [5.74, 6) is 0.773. The molecule has 0 atom stereocenters. The Bertz CT molecular complexity index is 607. The van der Waals surface area contributed by atoms with Crippen LogP contribution < -0.4 is 4.74 Å². The van der Waals surface area contributed by atoms with E-state index in [1.54, 1.807) is 13.2 Å². The molecule has 0 aromatic carbocycles. The fourth-order valence-electron chi connectivity index (χ4n) is 2.03. The highest BCUT2D eigenvalue weighted by molar-refractivity contribution is 7.17. The first kappa shape index (κ1) is 11.3. The van der Waals surface area contributed by atoms with E-state index in [0.29, 0.717) is 12.3 Å². The van der Waals surface area contributed by atoms with Crippen LogP contribution in [0, 0.1) is 0 Å². The topological polar surface area (TPSA) is 52.1 Å². The number of nitrogens with zero attached hydrogens (tertiary/aromatic N) is 2. The Labute approximate surface area is 109 Å². The van der Waals surface area contributed by atoms with Gasteiger partial charge in [0.2, 0.25) is 5.88 Å². The second kappa shape index (κ2) is 4.49. The van der Waals surface area contributed by atoms with Crippen molar-refractivity contribution < 1.29 is 9.53 Å². The minimum absolute atomic E-state index is 0.211. The van der Waals surface area contributed by atoms with Gasteiger partial charge in [0.05, 0.1) is 17.7 Å². The molecule has 1 aliphatic rings. The summed E-state index contributed by atoms with van der Waals surface area (Å²) in [7, 11) is 1.59. The van der Waals surface area contributed by atoms with E-state index in [9.17, 15) is 4.79 Å². The van der Waals surface area contributed by atoms with E-state index in [-0.39, 0.29) is 5.78 Å². The lowest BCUT2D eigenvalue weighted by molar-refractivity contribution is 0.0976. The Kier molecular flexibility index (Phi) is 2.83. The summed E-state index contributed by atoms with van der Waals surface area (Å²) in [4.78, 5) is 21.5. The van der Waals surface area contributed by atoms with E-state index in [4.69, 9.17) is 4.74 Å². The molecule has 0 aliphatic heterocycles. The van der Waals surface area contributed by atoms with Gasteiger partial charge in [-0.1, -0.05) is 6.07 Å². The molecule has 18 heavy (non-hydrogen) atoms. The predicted molar refractivity (Wildman–Crippen MR) is 69.2 cm³/mol. The zero-order valence-corrected chi connectivity index (χ0v) is 10.8. The second-order valence-corrected chi connectivity index (χ2v) is 5.14. The summed E-state index contributed by atoms with van der Waals surface area (Å²) in [5.41, 5.74) is 1.69. The number of aromatic nitrogens is 2. The van der Waals surface area contributed by atoms with Crippen LogP contribution >= 0.6 is 11.3 Å². The third-order valence-electron chi connectivity index (χ3n) is 2.92. The molecule has 0 saturated carbocycles. The summed E-state index contributed by atoms with van der Waals surface area (Å²) in [5, 5.41) is 0.800. The van der Waals surface area contributed by atoms with Crippen LogP contribution in [-0.2, 0) is 6.42 Å². The van der Waals surface area contributed by atoms with Crippen LogP contribution in [0.1, 0.15) is 28.2 Å². The molecule has 2 aromatic heterocycles. The van der Waals surface area contributed by atoms with Gasteiger partial charge in [0.15, 0.2) is 5.78 Å². The van der Waals surface area contributed by atoms with Crippen LogP contribution in [0.15, 0.2) is 18.2 Å². The molecular weight excluding hydrogens is 248 g/mol. The van der Waals surface area contributed by atoms with Crippen molar-refractivity contribution >= 4 is 17.1 Å². The molecule has 1 aliphatic carbocycles. The molecule has 4 nitrogen and oxygen atoms in total. The smallest absolute Gasteiger partial charge is 0.213 e. The molecule has 92 valence electrons. The molecule has 0 N–H and O–H groups in total. The minimum atomic E-state index is 0.211. The van der Waals surface area contributed by atoms with Gasteiger partial charge in [-0.3, -0.25) is 4.79 Å². The monoisotopic (exact) mass is 260 g/mol. The third kappa shape index (κ3) is 1.90. The van der Waals surface area contributed by atoms with E-state index < -0.39 is 0 Å². The molecule has 0 radical (unpaired) electrons. The number of hydrogen-bond donors (Lipinski definition) is 0. The molecule has 0 unspecified atom stereocenters. The zero-order chi connectivity index (χ0) is 12.5. The Hall–Kier alpha value is -1.75. The molecular formula is C13H12N2O2S. The van der Waals surface area contributed by atoms with E-state index in [1.165, 1.54) is 11.3 Å². The Morgan fingerprint density at radius 2 is 2.17 bits per heavy atom. The van der Waals surface area contributed by atoms with Crippen molar-refractivity contribution in [2.24, 2.45) is 0 Å². The van der Waals surface area contributed by atoms with Crippen LogP contribution in [0.3, 0.4) is 0 Å². The van der Waals surface area contributed by atoms with Gasteiger partial charge in [-0.05, 0) is 18.9 Å². The first-order valence-corrected chi connectivity index (χ1v) is 6.64. The number of ketones is 1. The number of pyridine rings is 1. The van der Waals surface area contributed by atoms with E-state index in [0.717, 1.165) is 34.1 Å². The molecule has 2 aromatic rings. The third-order valence-corrected chi connectivity index (χ3v) is 4.08. The van der Waals surface area contributed by atoms with Gasteiger partial charge in [0.1, 0.15) is 10.7 Å². The van der Waals surface area contributed by atoms with Crippen molar-refractivity contribution in [2.75, 3.05) is 7.11 Å². The van der Waals surface area contributed by atoms with Crippen LogP contribution in [-0.4, -0.2) is 22.9 Å². The lowest BCUT2D eigenvalue weighted by Gasteiger charge is -2.06. The van der Waals surface area contributed by atoms with Crippen molar-refractivity contribution in [1.29, 1.82) is 0 Å². The summed E-state index contributed by atoms with van der Waals surface area (Å²) in [6.07, 6.45) is 2.43. The first-order valence-electron chi connectivity index (χ1n) is 5.82. The Morgan fingerprint density at radius 1 is 1.28 bits per heavy atom. The molecule has 0 fully saturated rings. The molecule has 0 saturated heterocycles. The van der Waals surface area contributed by atoms with Crippen LogP contribution in [0.2, 0.25) is 0 Å². The highest BCUT2D eigenvalue weighted by atomic mass is 32.1. The van der Waals surface area contributed by atoms with Crippen molar-refractivity contribution in [3.8, 4) is 16.6 Å². The van der Waals surface area contributed by atoms with E-state index in [2.05, 4.69) is 9.97 Å². The molecule has 0 spiro atoms. The molecule has 2 heterocycles. The van der Waals surface area contributed by atoms with Gasteiger partial charge in [-0.15, -0.1) is 11.3 Å². The number of methoxy groups -OCH3 is 1. The number of ether oxygens (including phenoxy) is 1.